The highest BCUT2D eigenvalue weighted by Crippen LogP contribution is 2.36. The van der Waals surface area contributed by atoms with Crippen molar-refractivity contribution in [3.05, 3.63) is 55.4 Å². The second-order valence-electron chi connectivity index (χ2n) is 6.33. The summed E-state index contributed by atoms with van der Waals surface area (Å²) >= 11 is 13.0. The zero-order chi connectivity index (χ0) is 20.1. The molecule has 1 unspecified atom stereocenters. The fourth-order valence-corrected chi connectivity index (χ4v) is 4.24. The molecule has 0 spiro atoms. The molecule has 8 heteroatoms. The van der Waals surface area contributed by atoms with Gasteiger partial charge in [-0.15, -0.1) is 0 Å². The minimum atomic E-state index is -1.95. The van der Waals surface area contributed by atoms with Gasteiger partial charge in [0.15, 0.2) is 0 Å². The molecule has 0 heterocycles. The second-order valence-corrected chi connectivity index (χ2v) is 8.48. The average Bonchev–Trinajstić information content (AvgIpc) is 2.52. The van der Waals surface area contributed by atoms with Crippen molar-refractivity contribution in [2.45, 2.75) is 39.1 Å². The van der Waals surface area contributed by atoms with Gasteiger partial charge in [-0.1, -0.05) is 11.6 Å². The number of aliphatic carboxylic acids is 1. The first-order valence-corrected chi connectivity index (χ1v) is 10.2. The van der Waals surface area contributed by atoms with Gasteiger partial charge in [-0.25, -0.2) is 9.18 Å². The van der Waals surface area contributed by atoms with E-state index in [9.17, 15) is 9.18 Å². The van der Waals surface area contributed by atoms with Crippen molar-refractivity contribution in [3.63, 3.8) is 0 Å². The smallest absolute Gasteiger partial charge is 0.338 e. The number of carboxylic acids is 1. The number of hydrogen-bond acceptors (Lipinski definition) is 3. The SMILES string of the molecule is CC(C)Nc1cc(Cl)cc(COc2c(Br)cc(CC(F)C(=O)O)cc2Br)c1. The Hall–Kier alpha value is -1.31. The number of hydrogen-bond donors (Lipinski definition) is 2. The molecule has 0 aliphatic rings. The van der Waals surface area contributed by atoms with Crippen LogP contribution in [-0.4, -0.2) is 23.3 Å². The summed E-state index contributed by atoms with van der Waals surface area (Å²) in [4.78, 5) is 10.7. The van der Waals surface area contributed by atoms with Crippen molar-refractivity contribution in [1.29, 1.82) is 0 Å². The van der Waals surface area contributed by atoms with E-state index in [2.05, 4.69) is 37.2 Å². The first-order valence-electron chi connectivity index (χ1n) is 8.19. The van der Waals surface area contributed by atoms with Crippen LogP contribution in [0.25, 0.3) is 0 Å². The number of benzene rings is 2. The summed E-state index contributed by atoms with van der Waals surface area (Å²) in [5.74, 6) is -0.933. The number of carboxylic acid groups (broad SMARTS) is 1. The molecule has 0 saturated carbocycles. The van der Waals surface area contributed by atoms with Crippen LogP contribution in [0.4, 0.5) is 10.1 Å². The first-order chi connectivity index (χ1) is 12.7. The van der Waals surface area contributed by atoms with Gasteiger partial charge in [0.2, 0.25) is 6.17 Å². The second kappa shape index (κ2) is 9.75. The van der Waals surface area contributed by atoms with E-state index < -0.39 is 12.1 Å². The van der Waals surface area contributed by atoms with E-state index in [-0.39, 0.29) is 19.1 Å². The molecule has 2 N–H and O–H groups in total. The predicted octanol–water partition coefficient (Wildman–Crippen LogP) is 6.23. The summed E-state index contributed by atoms with van der Waals surface area (Å²) in [5.41, 5.74) is 2.35. The topological polar surface area (TPSA) is 58.6 Å². The van der Waals surface area contributed by atoms with Crippen molar-refractivity contribution in [3.8, 4) is 5.75 Å². The van der Waals surface area contributed by atoms with Gasteiger partial charge in [-0.2, -0.15) is 0 Å². The van der Waals surface area contributed by atoms with E-state index in [0.29, 0.717) is 25.3 Å². The Kier molecular flexibility index (Phi) is 7.94. The third-order valence-electron chi connectivity index (χ3n) is 3.54. The zero-order valence-electron chi connectivity index (χ0n) is 14.7. The maximum atomic E-state index is 13.4. The van der Waals surface area contributed by atoms with Crippen molar-refractivity contribution >= 4 is 55.1 Å². The molecule has 2 aromatic rings. The van der Waals surface area contributed by atoms with Gasteiger partial charge in [0.05, 0.1) is 8.95 Å². The highest BCUT2D eigenvalue weighted by Gasteiger charge is 2.18. The van der Waals surface area contributed by atoms with Crippen LogP contribution in [-0.2, 0) is 17.8 Å². The fourth-order valence-electron chi connectivity index (χ4n) is 2.47. The number of ether oxygens (including phenoxy) is 1. The largest absolute Gasteiger partial charge is 0.487 e. The first kappa shape index (κ1) is 22.0. The minimum Gasteiger partial charge on any atom is -0.487 e. The number of rotatable bonds is 8. The van der Waals surface area contributed by atoms with Gasteiger partial charge in [-0.05, 0) is 87.2 Å². The molecule has 0 aromatic heterocycles. The van der Waals surface area contributed by atoms with Crippen LogP contribution in [0.3, 0.4) is 0 Å². The molecule has 1 atom stereocenters. The van der Waals surface area contributed by atoms with E-state index in [1.807, 2.05) is 32.0 Å². The Bertz CT molecular complexity index is 810. The van der Waals surface area contributed by atoms with Gasteiger partial charge in [0.25, 0.3) is 0 Å². The monoisotopic (exact) mass is 521 g/mol. The lowest BCUT2D eigenvalue weighted by Crippen LogP contribution is -2.17. The summed E-state index contributed by atoms with van der Waals surface area (Å²) in [5, 5.41) is 12.6. The normalized spacial score (nSPS) is 12.1. The summed E-state index contributed by atoms with van der Waals surface area (Å²) in [6.07, 6.45) is -2.17. The molecule has 0 amide bonds. The fraction of sp³-hybridized carbons (Fsp3) is 0.316. The van der Waals surface area contributed by atoms with E-state index in [1.165, 1.54) is 0 Å². The third-order valence-corrected chi connectivity index (χ3v) is 4.93. The zero-order valence-corrected chi connectivity index (χ0v) is 18.7. The van der Waals surface area contributed by atoms with Gasteiger partial charge in [0.1, 0.15) is 12.4 Å². The summed E-state index contributed by atoms with van der Waals surface area (Å²) in [7, 11) is 0. The van der Waals surface area contributed by atoms with Crippen LogP contribution in [0.1, 0.15) is 25.0 Å². The highest BCUT2D eigenvalue weighted by atomic mass is 79.9. The summed E-state index contributed by atoms with van der Waals surface area (Å²) in [6.45, 7) is 4.36. The molecule has 2 aromatic carbocycles. The Morgan fingerprint density at radius 2 is 1.81 bits per heavy atom. The predicted molar refractivity (Wildman–Crippen MR) is 113 cm³/mol. The molecule has 0 fully saturated rings. The molecule has 0 aliphatic carbocycles. The molecule has 2 rings (SSSR count). The number of halogens is 4. The lowest BCUT2D eigenvalue weighted by molar-refractivity contribution is -0.142. The van der Waals surface area contributed by atoms with Crippen molar-refractivity contribution in [2.75, 3.05) is 5.32 Å². The van der Waals surface area contributed by atoms with E-state index in [4.69, 9.17) is 21.4 Å². The molecule has 146 valence electrons. The molecule has 0 aliphatic heterocycles. The van der Waals surface area contributed by atoms with Crippen molar-refractivity contribution in [1.82, 2.24) is 0 Å². The molecule has 0 bridgehead atoms. The standard InChI is InChI=1S/C19H19Br2ClFNO3/c1-10(2)24-14-4-12(3-13(22)8-14)9-27-18-15(20)5-11(6-16(18)21)7-17(23)19(25)26/h3-6,8,10,17,24H,7,9H2,1-2H3,(H,25,26). The maximum Gasteiger partial charge on any atom is 0.338 e. The van der Waals surface area contributed by atoms with Crippen LogP contribution in [0.5, 0.6) is 5.75 Å². The molecular formula is C19H19Br2ClFNO3. The number of nitrogens with one attached hydrogen (secondary N) is 1. The van der Waals surface area contributed by atoms with Crippen LogP contribution in [0.2, 0.25) is 5.02 Å². The van der Waals surface area contributed by atoms with Gasteiger partial charge in [-0.3, -0.25) is 0 Å². The molecular weight excluding hydrogens is 504 g/mol. The number of anilines is 1. The summed E-state index contributed by atoms with van der Waals surface area (Å²) < 4.78 is 20.5. The van der Waals surface area contributed by atoms with Gasteiger partial charge < -0.3 is 15.2 Å². The minimum absolute atomic E-state index is 0.217. The Morgan fingerprint density at radius 1 is 1.19 bits per heavy atom. The lowest BCUT2D eigenvalue weighted by Gasteiger charge is -2.15. The maximum absolute atomic E-state index is 13.4. The Balaban J connectivity index is 2.14. The highest BCUT2D eigenvalue weighted by molar-refractivity contribution is 9.11. The third kappa shape index (κ3) is 6.66. The quantitative estimate of drug-likeness (QED) is 0.431. The van der Waals surface area contributed by atoms with E-state index >= 15 is 0 Å². The molecule has 4 nitrogen and oxygen atoms in total. The van der Waals surface area contributed by atoms with E-state index in [0.717, 1.165) is 11.3 Å². The van der Waals surface area contributed by atoms with Crippen LogP contribution in [0, 0.1) is 0 Å². The van der Waals surface area contributed by atoms with Gasteiger partial charge >= 0.3 is 5.97 Å². The lowest BCUT2D eigenvalue weighted by atomic mass is 10.1. The van der Waals surface area contributed by atoms with Crippen LogP contribution < -0.4 is 10.1 Å². The number of alkyl halides is 1. The van der Waals surface area contributed by atoms with Crippen molar-refractivity contribution < 1.29 is 19.0 Å². The Labute approximate surface area is 179 Å². The van der Waals surface area contributed by atoms with Crippen LogP contribution >= 0.6 is 43.5 Å². The average molecular weight is 524 g/mol. The van der Waals surface area contributed by atoms with Gasteiger partial charge in [0, 0.05) is 23.2 Å². The van der Waals surface area contributed by atoms with Crippen LogP contribution in [0.15, 0.2) is 39.3 Å². The molecule has 0 radical (unpaired) electrons. The summed E-state index contributed by atoms with van der Waals surface area (Å²) in [6, 6.07) is 9.21. The van der Waals surface area contributed by atoms with Crippen molar-refractivity contribution in [2.24, 2.45) is 0 Å². The number of carbonyl (C=O) groups is 1. The molecule has 27 heavy (non-hydrogen) atoms. The van der Waals surface area contributed by atoms with E-state index in [1.54, 1.807) is 12.1 Å². The molecule has 0 saturated heterocycles. The Morgan fingerprint density at radius 3 is 2.37 bits per heavy atom.